The molecule has 0 spiro atoms. The number of methoxy groups -OCH3 is 1. The third-order valence-electron chi connectivity index (χ3n) is 7.99. The number of amides is 1. The Balaban J connectivity index is 1.29. The fraction of sp³-hybridized carbons (Fsp3) is 0.250. The van der Waals surface area contributed by atoms with Crippen LogP contribution in [0, 0.1) is 6.92 Å². The molecule has 0 atom stereocenters. The molecule has 0 aliphatic heterocycles. The van der Waals surface area contributed by atoms with E-state index in [2.05, 4.69) is 17.3 Å². The second-order valence-electron chi connectivity index (χ2n) is 11.4. The number of nitrogens with zero attached hydrogens (tertiary/aromatic N) is 5. The van der Waals surface area contributed by atoms with Gasteiger partial charge >= 0.3 is 0 Å². The van der Waals surface area contributed by atoms with Crippen molar-refractivity contribution >= 4 is 34.1 Å². The van der Waals surface area contributed by atoms with Crippen molar-refractivity contribution in [3.05, 3.63) is 108 Å². The standard InChI is InChI=1S/C36H38N6O3/c1-25-10-16-31(17-11-25)45-32-20-21-37-36-34(32)35(39-42(36)24-26-12-18-30(44-4)19-13-26)38-27-7-5-8-29(23-27)41(3)33(43)9-6-22-40(2)28-14-15-28/h5-13,16-21,23,28H,14-15,22,24H2,1-4H3,(H,38,39)/b9-6+. The highest BCUT2D eigenvalue weighted by Crippen LogP contribution is 2.36. The summed E-state index contributed by atoms with van der Waals surface area (Å²) in [5.74, 6) is 2.67. The number of pyridine rings is 1. The van der Waals surface area contributed by atoms with Gasteiger partial charge in [-0.3, -0.25) is 9.69 Å². The molecule has 2 heterocycles. The Kier molecular flexibility index (Phi) is 8.79. The molecule has 6 rings (SSSR count). The molecule has 45 heavy (non-hydrogen) atoms. The van der Waals surface area contributed by atoms with E-state index in [-0.39, 0.29) is 5.91 Å². The fourth-order valence-corrected chi connectivity index (χ4v) is 5.14. The van der Waals surface area contributed by atoms with Gasteiger partial charge in [0.1, 0.15) is 22.6 Å². The zero-order valence-electron chi connectivity index (χ0n) is 26.1. The maximum absolute atomic E-state index is 13.0. The van der Waals surface area contributed by atoms with E-state index in [1.165, 1.54) is 12.8 Å². The van der Waals surface area contributed by atoms with Crippen LogP contribution in [0.3, 0.4) is 0 Å². The first-order valence-electron chi connectivity index (χ1n) is 15.1. The molecule has 1 aliphatic rings. The van der Waals surface area contributed by atoms with Gasteiger partial charge in [-0.1, -0.05) is 42.0 Å². The molecule has 9 heteroatoms. The summed E-state index contributed by atoms with van der Waals surface area (Å²) in [6.45, 7) is 3.31. The van der Waals surface area contributed by atoms with E-state index in [1.54, 1.807) is 31.3 Å². The molecular formula is C36H38N6O3. The van der Waals surface area contributed by atoms with E-state index in [0.717, 1.165) is 45.9 Å². The zero-order valence-corrected chi connectivity index (χ0v) is 26.1. The molecule has 1 amide bonds. The Morgan fingerprint density at radius 3 is 2.51 bits per heavy atom. The van der Waals surface area contributed by atoms with Crippen LogP contribution in [0.15, 0.2) is 97.2 Å². The number of fused-ring (bicyclic) bond motifs is 1. The maximum atomic E-state index is 13.0. The van der Waals surface area contributed by atoms with Crippen molar-refractivity contribution in [2.45, 2.75) is 32.4 Å². The lowest BCUT2D eigenvalue weighted by molar-refractivity contribution is -0.113. The molecule has 5 aromatic rings. The largest absolute Gasteiger partial charge is 0.497 e. The molecule has 1 aliphatic carbocycles. The number of aryl methyl sites for hydroxylation is 1. The number of hydrogen-bond donors (Lipinski definition) is 1. The first-order valence-corrected chi connectivity index (χ1v) is 15.1. The third kappa shape index (κ3) is 7.16. The Morgan fingerprint density at radius 1 is 1.02 bits per heavy atom. The van der Waals surface area contributed by atoms with E-state index in [1.807, 2.05) is 96.5 Å². The molecule has 3 aromatic carbocycles. The van der Waals surface area contributed by atoms with Gasteiger partial charge in [-0.2, -0.15) is 5.10 Å². The second kappa shape index (κ2) is 13.2. The van der Waals surface area contributed by atoms with Crippen LogP contribution >= 0.6 is 0 Å². The molecule has 1 fully saturated rings. The summed E-state index contributed by atoms with van der Waals surface area (Å²) < 4.78 is 13.6. The van der Waals surface area contributed by atoms with Crippen LogP contribution in [-0.2, 0) is 11.3 Å². The van der Waals surface area contributed by atoms with Crippen LogP contribution in [0.1, 0.15) is 24.0 Å². The Labute approximate surface area is 263 Å². The van der Waals surface area contributed by atoms with Gasteiger partial charge in [-0.15, -0.1) is 0 Å². The number of nitrogens with one attached hydrogen (secondary N) is 1. The van der Waals surface area contributed by atoms with E-state index in [4.69, 9.17) is 19.6 Å². The number of hydrogen-bond acceptors (Lipinski definition) is 7. The van der Waals surface area contributed by atoms with Gasteiger partial charge in [0.2, 0.25) is 5.91 Å². The van der Waals surface area contributed by atoms with Gasteiger partial charge in [-0.25, -0.2) is 9.67 Å². The average molecular weight is 603 g/mol. The minimum Gasteiger partial charge on any atom is -0.497 e. The molecule has 0 unspecified atom stereocenters. The molecule has 2 aromatic heterocycles. The normalized spacial score (nSPS) is 13.0. The lowest BCUT2D eigenvalue weighted by Crippen LogP contribution is -2.25. The molecular weight excluding hydrogens is 564 g/mol. The predicted octanol–water partition coefficient (Wildman–Crippen LogP) is 6.95. The number of likely N-dealkylation sites (N-methyl/N-ethyl adjacent to an activating group) is 2. The third-order valence-corrected chi connectivity index (χ3v) is 7.99. The van der Waals surface area contributed by atoms with Crippen molar-refractivity contribution in [3.63, 3.8) is 0 Å². The van der Waals surface area contributed by atoms with Crippen LogP contribution in [0.5, 0.6) is 17.2 Å². The molecule has 1 saturated carbocycles. The summed E-state index contributed by atoms with van der Waals surface area (Å²) in [6.07, 6.45) is 7.79. The van der Waals surface area contributed by atoms with E-state index in [9.17, 15) is 4.79 Å². The second-order valence-corrected chi connectivity index (χ2v) is 11.4. The van der Waals surface area contributed by atoms with Crippen LogP contribution in [0.25, 0.3) is 11.0 Å². The zero-order chi connectivity index (χ0) is 31.3. The van der Waals surface area contributed by atoms with Crippen LogP contribution < -0.4 is 19.7 Å². The Bertz CT molecular complexity index is 1810. The monoisotopic (exact) mass is 602 g/mol. The number of rotatable bonds is 12. The van der Waals surface area contributed by atoms with Gasteiger partial charge in [0.25, 0.3) is 0 Å². The number of aromatic nitrogens is 3. The number of ether oxygens (including phenoxy) is 2. The highest BCUT2D eigenvalue weighted by molar-refractivity contribution is 6.01. The van der Waals surface area contributed by atoms with Gasteiger partial charge in [0.05, 0.1) is 13.7 Å². The SMILES string of the molecule is COc1ccc(Cn2nc(Nc3cccc(N(C)C(=O)/C=C/CN(C)C4CC4)c3)c3c(Oc4ccc(C)cc4)ccnc32)cc1. The summed E-state index contributed by atoms with van der Waals surface area (Å²) >= 11 is 0. The summed E-state index contributed by atoms with van der Waals surface area (Å²) in [4.78, 5) is 21.6. The first kappa shape index (κ1) is 29.9. The topological polar surface area (TPSA) is 84.8 Å². The minimum absolute atomic E-state index is 0.0800. The van der Waals surface area contributed by atoms with Crippen molar-refractivity contribution in [2.75, 3.05) is 38.0 Å². The van der Waals surface area contributed by atoms with Crippen molar-refractivity contribution in [2.24, 2.45) is 0 Å². The van der Waals surface area contributed by atoms with Gasteiger partial charge < -0.3 is 19.7 Å². The maximum Gasteiger partial charge on any atom is 0.250 e. The van der Waals surface area contributed by atoms with Gasteiger partial charge in [0, 0.05) is 49.3 Å². The molecule has 0 saturated heterocycles. The van der Waals surface area contributed by atoms with Crippen molar-refractivity contribution in [1.82, 2.24) is 19.7 Å². The lowest BCUT2D eigenvalue weighted by Gasteiger charge is -2.17. The van der Waals surface area contributed by atoms with Crippen molar-refractivity contribution in [3.8, 4) is 17.2 Å². The summed E-state index contributed by atoms with van der Waals surface area (Å²) in [6, 6.07) is 26.1. The minimum atomic E-state index is -0.0800. The van der Waals surface area contributed by atoms with Crippen LogP contribution in [0.4, 0.5) is 17.2 Å². The predicted molar refractivity (Wildman–Crippen MR) is 179 cm³/mol. The summed E-state index contributed by atoms with van der Waals surface area (Å²) in [5.41, 5.74) is 4.44. The van der Waals surface area contributed by atoms with Gasteiger partial charge in [-0.05, 0) is 74.8 Å². The molecule has 230 valence electrons. The number of carbonyl (C=O) groups is 1. The average Bonchev–Trinajstić information content (AvgIpc) is 3.86. The number of anilines is 3. The highest BCUT2D eigenvalue weighted by Gasteiger charge is 2.25. The first-order chi connectivity index (χ1) is 21.9. The fourth-order valence-electron chi connectivity index (χ4n) is 5.14. The Morgan fingerprint density at radius 2 is 1.78 bits per heavy atom. The van der Waals surface area contributed by atoms with Crippen LogP contribution in [-0.4, -0.2) is 59.4 Å². The molecule has 1 N–H and O–H groups in total. The van der Waals surface area contributed by atoms with Crippen LogP contribution in [0.2, 0.25) is 0 Å². The van der Waals surface area contributed by atoms with Crippen molar-refractivity contribution in [1.29, 1.82) is 0 Å². The van der Waals surface area contributed by atoms with E-state index >= 15 is 0 Å². The number of benzene rings is 3. The molecule has 0 radical (unpaired) electrons. The highest BCUT2D eigenvalue weighted by atomic mass is 16.5. The van der Waals surface area contributed by atoms with Gasteiger partial charge in [0.15, 0.2) is 11.5 Å². The lowest BCUT2D eigenvalue weighted by atomic mass is 10.2. The molecule has 9 nitrogen and oxygen atoms in total. The van der Waals surface area contributed by atoms with E-state index < -0.39 is 0 Å². The Hall–Kier alpha value is -5.15. The molecule has 0 bridgehead atoms. The quantitative estimate of drug-likeness (QED) is 0.155. The van der Waals surface area contributed by atoms with Crippen molar-refractivity contribution < 1.29 is 14.3 Å². The number of carbonyl (C=O) groups excluding carboxylic acids is 1. The summed E-state index contributed by atoms with van der Waals surface area (Å²) in [7, 11) is 5.54. The smallest absolute Gasteiger partial charge is 0.250 e. The van der Waals surface area contributed by atoms with E-state index in [0.29, 0.717) is 29.8 Å². The summed E-state index contributed by atoms with van der Waals surface area (Å²) in [5, 5.41) is 9.20.